The van der Waals surface area contributed by atoms with Gasteiger partial charge in [-0.1, -0.05) is 13.8 Å². The molecule has 4 heteroatoms. The number of halogens is 2. The second kappa shape index (κ2) is 6.21. The van der Waals surface area contributed by atoms with Crippen LogP contribution >= 0.6 is 15.9 Å². The van der Waals surface area contributed by atoms with E-state index in [0.29, 0.717) is 18.4 Å². The molecule has 2 nitrogen and oxygen atoms in total. The Kier molecular flexibility index (Phi) is 5.22. The fourth-order valence-corrected chi connectivity index (χ4v) is 1.85. The van der Waals surface area contributed by atoms with Crippen molar-refractivity contribution in [2.45, 2.75) is 13.8 Å². The molecule has 0 aliphatic carbocycles. The van der Waals surface area contributed by atoms with Crippen LogP contribution in [0.2, 0.25) is 0 Å². The van der Waals surface area contributed by atoms with Crippen molar-refractivity contribution in [3.05, 3.63) is 28.5 Å². The maximum Gasteiger partial charge on any atom is 0.125 e. The molecule has 0 saturated heterocycles. The third kappa shape index (κ3) is 3.76. The van der Waals surface area contributed by atoms with E-state index in [9.17, 15) is 4.39 Å². The van der Waals surface area contributed by atoms with Crippen molar-refractivity contribution in [3.63, 3.8) is 0 Å². The standard InChI is InChI=1S/C12H18BrFN2/c1-8(2)9(6-15)7-16-12-5-10(14)3-4-11(12)13/h3-5,8-9,16H,6-7,15H2,1-2H3. The van der Waals surface area contributed by atoms with Gasteiger partial charge < -0.3 is 11.1 Å². The molecular weight excluding hydrogens is 271 g/mol. The molecule has 16 heavy (non-hydrogen) atoms. The van der Waals surface area contributed by atoms with Gasteiger partial charge in [0.1, 0.15) is 5.82 Å². The van der Waals surface area contributed by atoms with Crippen molar-refractivity contribution < 1.29 is 4.39 Å². The predicted molar refractivity (Wildman–Crippen MR) is 70.0 cm³/mol. The summed E-state index contributed by atoms with van der Waals surface area (Å²) in [5, 5.41) is 3.22. The van der Waals surface area contributed by atoms with E-state index in [1.165, 1.54) is 12.1 Å². The lowest BCUT2D eigenvalue weighted by Crippen LogP contribution is -2.27. The fraction of sp³-hybridized carbons (Fsp3) is 0.500. The molecule has 0 aliphatic heterocycles. The Balaban J connectivity index is 2.63. The first kappa shape index (κ1) is 13.5. The van der Waals surface area contributed by atoms with Gasteiger partial charge in [0.25, 0.3) is 0 Å². The van der Waals surface area contributed by atoms with Gasteiger partial charge in [-0.15, -0.1) is 0 Å². The highest BCUT2D eigenvalue weighted by molar-refractivity contribution is 9.10. The second-order valence-electron chi connectivity index (χ2n) is 4.24. The summed E-state index contributed by atoms with van der Waals surface area (Å²) in [6, 6.07) is 4.61. The van der Waals surface area contributed by atoms with Crippen molar-refractivity contribution in [3.8, 4) is 0 Å². The molecule has 0 fully saturated rings. The first-order valence-corrected chi connectivity index (χ1v) is 6.23. The normalized spacial score (nSPS) is 12.9. The van der Waals surface area contributed by atoms with Crippen LogP contribution in [0.15, 0.2) is 22.7 Å². The van der Waals surface area contributed by atoms with Crippen molar-refractivity contribution in [1.82, 2.24) is 0 Å². The van der Waals surface area contributed by atoms with E-state index in [1.54, 1.807) is 6.07 Å². The van der Waals surface area contributed by atoms with Crippen LogP contribution in [0.4, 0.5) is 10.1 Å². The first-order chi connectivity index (χ1) is 7.54. The van der Waals surface area contributed by atoms with Gasteiger partial charge in [0.05, 0.1) is 5.69 Å². The van der Waals surface area contributed by atoms with Crippen molar-refractivity contribution >= 4 is 21.6 Å². The Morgan fingerprint density at radius 3 is 2.69 bits per heavy atom. The lowest BCUT2D eigenvalue weighted by Gasteiger charge is -2.20. The van der Waals surface area contributed by atoms with Crippen LogP contribution in [-0.4, -0.2) is 13.1 Å². The number of nitrogens with two attached hydrogens (primary N) is 1. The minimum atomic E-state index is -0.237. The quantitative estimate of drug-likeness (QED) is 0.873. The summed E-state index contributed by atoms with van der Waals surface area (Å²) in [5.74, 6) is 0.680. The van der Waals surface area contributed by atoms with Gasteiger partial charge in [-0.2, -0.15) is 0 Å². The van der Waals surface area contributed by atoms with Crippen LogP contribution in [0.1, 0.15) is 13.8 Å². The molecule has 0 radical (unpaired) electrons. The lowest BCUT2D eigenvalue weighted by molar-refractivity contribution is 0.413. The Morgan fingerprint density at radius 2 is 2.12 bits per heavy atom. The average molecular weight is 289 g/mol. The molecule has 1 aromatic rings. The SMILES string of the molecule is CC(C)C(CN)CNc1cc(F)ccc1Br. The largest absolute Gasteiger partial charge is 0.384 e. The molecule has 1 aromatic carbocycles. The smallest absolute Gasteiger partial charge is 0.125 e. The van der Waals surface area contributed by atoms with Crippen LogP contribution in [0.5, 0.6) is 0 Å². The number of hydrogen-bond donors (Lipinski definition) is 2. The summed E-state index contributed by atoms with van der Waals surface area (Å²) in [4.78, 5) is 0. The third-order valence-corrected chi connectivity index (χ3v) is 3.42. The lowest BCUT2D eigenvalue weighted by atomic mass is 9.96. The van der Waals surface area contributed by atoms with Crippen LogP contribution in [0.3, 0.4) is 0 Å². The maximum atomic E-state index is 13.0. The maximum absolute atomic E-state index is 13.0. The van der Waals surface area contributed by atoms with Crippen molar-refractivity contribution in [1.29, 1.82) is 0 Å². The molecular formula is C12H18BrFN2. The molecule has 90 valence electrons. The van der Waals surface area contributed by atoms with E-state index < -0.39 is 0 Å². The molecule has 0 aliphatic rings. The van der Waals surface area contributed by atoms with E-state index in [1.807, 2.05) is 0 Å². The van der Waals surface area contributed by atoms with Crippen LogP contribution < -0.4 is 11.1 Å². The van der Waals surface area contributed by atoms with E-state index >= 15 is 0 Å². The van der Waals surface area contributed by atoms with Gasteiger partial charge in [0.2, 0.25) is 0 Å². The molecule has 0 heterocycles. The monoisotopic (exact) mass is 288 g/mol. The highest BCUT2D eigenvalue weighted by Crippen LogP contribution is 2.23. The Hall–Kier alpha value is -0.610. The zero-order valence-corrected chi connectivity index (χ0v) is 11.2. The minimum absolute atomic E-state index is 0.237. The molecule has 0 spiro atoms. The Morgan fingerprint density at radius 1 is 1.44 bits per heavy atom. The topological polar surface area (TPSA) is 38.0 Å². The third-order valence-electron chi connectivity index (χ3n) is 2.73. The van der Waals surface area contributed by atoms with Gasteiger partial charge in [-0.05, 0) is 52.5 Å². The van der Waals surface area contributed by atoms with E-state index in [4.69, 9.17) is 5.73 Å². The summed E-state index contributed by atoms with van der Waals surface area (Å²) >= 11 is 3.38. The van der Waals surface area contributed by atoms with Crippen molar-refractivity contribution in [2.24, 2.45) is 17.6 Å². The fourth-order valence-electron chi connectivity index (χ4n) is 1.47. The molecule has 1 atom stereocenters. The summed E-state index contributed by atoms with van der Waals surface area (Å²) < 4.78 is 13.9. The highest BCUT2D eigenvalue weighted by Gasteiger charge is 2.11. The van der Waals surface area contributed by atoms with Crippen LogP contribution in [0.25, 0.3) is 0 Å². The van der Waals surface area contributed by atoms with Gasteiger partial charge in [0, 0.05) is 11.0 Å². The zero-order valence-electron chi connectivity index (χ0n) is 9.63. The van der Waals surface area contributed by atoms with Crippen molar-refractivity contribution in [2.75, 3.05) is 18.4 Å². The van der Waals surface area contributed by atoms with E-state index in [0.717, 1.165) is 16.7 Å². The number of hydrogen-bond acceptors (Lipinski definition) is 2. The zero-order chi connectivity index (χ0) is 12.1. The molecule has 1 unspecified atom stereocenters. The number of anilines is 1. The summed E-state index contributed by atoms with van der Waals surface area (Å²) in [7, 11) is 0. The summed E-state index contributed by atoms with van der Waals surface area (Å²) in [5.41, 5.74) is 6.46. The van der Waals surface area contributed by atoms with Crippen LogP contribution in [0, 0.1) is 17.7 Å². The van der Waals surface area contributed by atoms with E-state index in [2.05, 4.69) is 35.1 Å². The average Bonchev–Trinajstić information content (AvgIpc) is 2.23. The predicted octanol–water partition coefficient (Wildman–Crippen LogP) is 3.23. The first-order valence-electron chi connectivity index (χ1n) is 5.43. The molecule has 1 rings (SSSR count). The number of nitrogens with one attached hydrogen (secondary N) is 1. The molecule has 0 amide bonds. The molecule has 0 aromatic heterocycles. The number of benzene rings is 1. The van der Waals surface area contributed by atoms with E-state index in [-0.39, 0.29) is 5.82 Å². The van der Waals surface area contributed by atoms with Gasteiger partial charge in [0.15, 0.2) is 0 Å². The van der Waals surface area contributed by atoms with Crippen LogP contribution in [-0.2, 0) is 0 Å². The minimum Gasteiger partial charge on any atom is -0.384 e. The molecule has 0 saturated carbocycles. The Labute approximate surface area is 105 Å². The summed E-state index contributed by atoms with van der Waals surface area (Å²) in [6.45, 7) is 5.67. The number of rotatable bonds is 5. The van der Waals surface area contributed by atoms with Gasteiger partial charge >= 0.3 is 0 Å². The molecule has 3 N–H and O–H groups in total. The highest BCUT2D eigenvalue weighted by atomic mass is 79.9. The Bertz CT molecular complexity index is 342. The summed E-state index contributed by atoms with van der Waals surface area (Å²) in [6.07, 6.45) is 0. The van der Waals surface area contributed by atoms with Gasteiger partial charge in [-0.25, -0.2) is 4.39 Å². The molecule has 0 bridgehead atoms. The second-order valence-corrected chi connectivity index (χ2v) is 5.10. The van der Waals surface area contributed by atoms with Gasteiger partial charge in [-0.3, -0.25) is 0 Å².